The van der Waals surface area contributed by atoms with Crippen LogP contribution in [0.5, 0.6) is 11.5 Å². The molecule has 4 rings (SSSR count). The van der Waals surface area contributed by atoms with Crippen molar-refractivity contribution in [1.82, 2.24) is 9.80 Å². The highest BCUT2D eigenvalue weighted by Crippen LogP contribution is 2.31. The lowest BCUT2D eigenvalue weighted by Gasteiger charge is -2.40. The highest BCUT2D eigenvalue weighted by molar-refractivity contribution is 5.78. The summed E-state index contributed by atoms with van der Waals surface area (Å²) in [7, 11) is 2.09. The van der Waals surface area contributed by atoms with Crippen LogP contribution in [0, 0.1) is 0 Å². The number of hydrogen-bond donors (Lipinski definition) is 0. The van der Waals surface area contributed by atoms with Crippen LogP contribution in [0.2, 0.25) is 0 Å². The Labute approximate surface area is 165 Å². The van der Waals surface area contributed by atoms with Crippen LogP contribution >= 0.6 is 0 Å². The third kappa shape index (κ3) is 4.29. The van der Waals surface area contributed by atoms with E-state index in [0.717, 1.165) is 30.2 Å². The molecule has 6 nitrogen and oxygen atoms in total. The third-order valence-electron chi connectivity index (χ3n) is 5.18. The van der Waals surface area contributed by atoms with Gasteiger partial charge in [-0.1, -0.05) is 42.5 Å². The summed E-state index contributed by atoms with van der Waals surface area (Å²) < 4.78 is 17.3. The molecule has 0 bridgehead atoms. The Morgan fingerprint density at radius 1 is 1.07 bits per heavy atom. The van der Waals surface area contributed by atoms with E-state index in [1.165, 1.54) is 0 Å². The fourth-order valence-electron chi connectivity index (χ4n) is 3.68. The van der Waals surface area contributed by atoms with Gasteiger partial charge in [0.2, 0.25) is 5.91 Å². The van der Waals surface area contributed by atoms with Crippen molar-refractivity contribution in [2.45, 2.75) is 12.1 Å². The van der Waals surface area contributed by atoms with Gasteiger partial charge in [0.1, 0.15) is 13.2 Å². The van der Waals surface area contributed by atoms with E-state index in [2.05, 4.69) is 24.1 Å². The number of piperazine rings is 1. The molecule has 6 heteroatoms. The number of fused-ring (bicyclic) bond motifs is 1. The van der Waals surface area contributed by atoms with Gasteiger partial charge in [-0.3, -0.25) is 4.79 Å². The monoisotopic (exact) mass is 382 g/mol. The van der Waals surface area contributed by atoms with E-state index in [4.69, 9.17) is 14.2 Å². The Bertz CT molecular complexity index is 798. The van der Waals surface area contributed by atoms with E-state index in [1.807, 2.05) is 47.4 Å². The van der Waals surface area contributed by atoms with E-state index < -0.39 is 0 Å². The molecule has 1 fully saturated rings. The van der Waals surface area contributed by atoms with E-state index in [-0.39, 0.29) is 24.7 Å². The van der Waals surface area contributed by atoms with Crippen molar-refractivity contribution >= 4 is 5.91 Å². The van der Waals surface area contributed by atoms with Crippen molar-refractivity contribution in [3.63, 3.8) is 0 Å². The van der Waals surface area contributed by atoms with Gasteiger partial charge in [0.15, 0.2) is 17.6 Å². The number of carbonyl (C=O) groups excluding carboxylic acids is 1. The average Bonchev–Trinajstić information content (AvgIpc) is 2.74. The molecule has 0 aliphatic carbocycles. The second kappa shape index (κ2) is 8.63. The zero-order valence-electron chi connectivity index (χ0n) is 16.1. The molecule has 148 valence electrons. The van der Waals surface area contributed by atoms with Gasteiger partial charge in [0.05, 0.1) is 12.6 Å². The molecule has 0 spiro atoms. The number of nitrogens with zero attached hydrogens (tertiary/aromatic N) is 2. The first-order valence-electron chi connectivity index (χ1n) is 9.70. The van der Waals surface area contributed by atoms with E-state index >= 15 is 0 Å². The average molecular weight is 382 g/mol. The van der Waals surface area contributed by atoms with E-state index in [0.29, 0.717) is 19.8 Å². The number of carbonyl (C=O) groups is 1. The number of amides is 1. The largest absolute Gasteiger partial charge is 0.486 e. The van der Waals surface area contributed by atoms with Crippen molar-refractivity contribution in [2.24, 2.45) is 0 Å². The van der Waals surface area contributed by atoms with Crippen molar-refractivity contribution in [1.29, 1.82) is 0 Å². The van der Waals surface area contributed by atoms with Gasteiger partial charge in [-0.25, -0.2) is 0 Å². The zero-order chi connectivity index (χ0) is 19.3. The lowest BCUT2D eigenvalue weighted by atomic mass is 10.0. The molecule has 0 unspecified atom stereocenters. The highest BCUT2D eigenvalue weighted by Gasteiger charge is 2.30. The van der Waals surface area contributed by atoms with Crippen LogP contribution in [0.4, 0.5) is 0 Å². The number of para-hydroxylation sites is 2. The van der Waals surface area contributed by atoms with Crippen LogP contribution in [0.15, 0.2) is 54.6 Å². The summed E-state index contributed by atoms with van der Waals surface area (Å²) >= 11 is 0. The van der Waals surface area contributed by atoms with Gasteiger partial charge in [0.25, 0.3) is 0 Å². The molecule has 1 saturated heterocycles. The van der Waals surface area contributed by atoms with Crippen LogP contribution in [-0.2, 0) is 9.53 Å². The molecule has 2 atom stereocenters. The minimum absolute atomic E-state index is 0.0130. The molecule has 0 aromatic heterocycles. The van der Waals surface area contributed by atoms with Gasteiger partial charge < -0.3 is 24.0 Å². The Morgan fingerprint density at radius 2 is 1.82 bits per heavy atom. The van der Waals surface area contributed by atoms with Crippen LogP contribution in [0.3, 0.4) is 0 Å². The van der Waals surface area contributed by atoms with Crippen LogP contribution < -0.4 is 9.47 Å². The molecular formula is C22H26N2O4. The van der Waals surface area contributed by atoms with Crippen molar-refractivity contribution in [3.8, 4) is 11.5 Å². The second-order valence-electron chi connectivity index (χ2n) is 7.29. The van der Waals surface area contributed by atoms with Gasteiger partial charge in [-0.15, -0.1) is 0 Å². The van der Waals surface area contributed by atoms with Crippen molar-refractivity contribution < 1.29 is 19.0 Å². The number of ether oxygens (including phenoxy) is 3. The zero-order valence-corrected chi connectivity index (χ0v) is 16.1. The lowest BCUT2D eigenvalue weighted by molar-refractivity contribution is -0.142. The fraction of sp³-hybridized carbons (Fsp3) is 0.409. The Kier molecular flexibility index (Phi) is 5.78. The van der Waals surface area contributed by atoms with Crippen LogP contribution in [0.25, 0.3) is 0 Å². The molecule has 2 aromatic rings. The summed E-state index contributed by atoms with van der Waals surface area (Å²) in [6, 6.07) is 17.8. The van der Waals surface area contributed by atoms with Crippen molar-refractivity contribution in [3.05, 3.63) is 60.2 Å². The van der Waals surface area contributed by atoms with Crippen LogP contribution in [-0.4, -0.2) is 68.3 Å². The summed E-state index contributed by atoms with van der Waals surface area (Å²) in [6.45, 7) is 3.19. The minimum atomic E-state index is -0.208. The summed E-state index contributed by atoms with van der Waals surface area (Å²) in [5.74, 6) is 1.48. The number of likely N-dealkylation sites (N-methyl/N-ethyl adjacent to an activating group) is 1. The number of hydrogen-bond acceptors (Lipinski definition) is 5. The van der Waals surface area contributed by atoms with Gasteiger partial charge >= 0.3 is 0 Å². The fourth-order valence-corrected chi connectivity index (χ4v) is 3.68. The quantitative estimate of drug-likeness (QED) is 0.795. The first-order valence-corrected chi connectivity index (χ1v) is 9.70. The Hall–Kier alpha value is -2.57. The highest BCUT2D eigenvalue weighted by atomic mass is 16.6. The van der Waals surface area contributed by atoms with E-state index in [1.54, 1.807) is 0 Å². The SMILES string of the molecule is CN1CCN(C(=O)COC[C@@H]2COc3ccccc3O2)[C@@H](c2ccccc2)C1. The molecule has 2 aliphatic rings. The molecule has 0 radical (unpaired) electrons. The predicted octanol–water partition coefficient (Wildman–Crippen LogP) is 2.36. The minimum Gasteiger partial charge on any atom is -0.486 e. The number of benzene rings is 2. The van der Waals surface area contributed by atoms with Crippen molar-refractivity contribution in [2.75, 3.05) is 46.5 Å². The molecule has 2 aromatic carbocycles. The Morgan fingerprint density at radius 3 is 2.64 bits per heavy atom. The van der Waals surface area contributed by atoms with Crippen LogP contribution in [0.1, 0.15) is 11.6 Å². The summed E-state index contributed by atoms with van der Waals surface area (Å²) in [6.07, 6.45) is -0.208. The lowest BCUT2D eigenvalue weighted by Crippen LogP contribution is -2.50. The molecule has 1 amide bonds. The first-order chi connectivity index (χ1) is 13.7. The summed E-state index contributed by atoms with van der Waals surface area (Å²) in [5.41, 5.74) is 1.16. The van der Waals surface area contributed by atoms with E-state index in [9.17, 15) is 4.79 Å². The maximum atomic E-state index is 12.8. The second-order valence-corrected chi connectivity index (χ2v) is 7.29. The normalized spacial score (nSPS) is 22.1. The smallest absolute Gasteiger partial charge is 0.249 e. The molecule has 2 heterocycles. The number of rotatable bonds is 5. The molecule has 0 saturated carbocycles. The third-order valence-corrected chi connectivity index (χ3v) is 5.18. The molecular weight excluding hydrogens is 356 g/mol. The Balaban J connectivity index is 1.31. The summed E-state index contributed by atoms with van der Waals surface area (Å²) in [4.78, 5) is 17.0. The maximum Gasteiger partial charge on any atom is 0.249 e. The van der Waals surface area contributed by atoms with Gasteiger partial charge in [0, 0.05) is 19.6 Å². The van der Waals surface area contributed by atoms with Gasteiger partial charge in [-0.05, 0) is 24.7 Å². The molecule has 0 N–H and O–H groups in total. The molecule has 28 heavy (non-hydrogen) atoms. The topological polar surface area (TPSA) is 51.2 Å². The molecule has 2 aliphatic heterocycles. The maximum absolute atomic E-state index is 12.8. The standard InChI is InChI=1S/C22H26N2O4/c1-23-11-12-24(19(13-23)17-7-3-2-4-8-17)22(25)16-26-14-18-15-27-20-9-5-6-10-21(20)28-18/h2-10,18-19H,11-16H2,1H3/t18-,19-/m1/s1. The predicted molar refractivity (Wildman–Crippen MR) is 106 cm³/mol. The van der Waals surface area contributed by atoms with Gasteiger partial charge in [-0.2, -0.15) is 0 Å². The summed E-state index contributed by atoms with van der Waals surface area (Å²) in [5, 5.41) is 0. The first kappa shape index (κ1) is 18.8.